The second-order valence-electron chi connectivity index (χ2n) is 4.03. The van der Waals surface area contributed by atoms with Gasteiger partial charge in [0.25, 0.3) is 0 Å². The lowest BCUT2D eigenvalue weighted by Crippen LogP contribution is -1.93. The van der Waals surface area contributed by atoms with Gasteiger partial charge in [-0.3, -0.25) is 0 Å². The van der Waals surface area contributed by atoms with E-state index in [9.17, 15) is 0 Å². The van der Waals surface area contributed by atoms with Gasteiger partial charge in [0, 0.05) is 11.1 Å². The van der Waals surface area contributed by atoms with Gasteiger partial charge in [-0.1, -0.05) is 36.0 Å². The van der Waals surface area contributed by atoms with Gasteiger partial charge in [-0.2, -0.15) is 0 Å². The van der Waals surface area contributed by atoms with Crippen LogP contribution in [-0.2, 0) is 0 Å². The quantitative estimate of drug-likeness (QED) is 0.756. The van der Waals surface area contributed by atoms with Gasteiger partial charge in [-0.05, 0) is 26.3 Å². The van der Waals surface area contributed by atoms with E-state index in [1.54, 1.807) is 6.33 Å². The second-order valence-corrected chi connectivity index (χ2v) is 4.41. The van der Waals surface area contributed by atoms with E-state index in [2.05, 4.69) is 42.0 Å². The molecule has 0 amide bonds. The van der Waals surface area contributed by atoms with Gasteiger partial charge in [0.1, 0.15) is 4.64 Å². The molecule has 16 heavy (non-hydrogen) atoms. The molecule has 0 fully saturated rings. The van der Waals surface area contributed by atoms with E-state index in [1.165, 1.54) is 16.7 Å². The van der Waals surface area contributed by atoms with Crippen molar-refractivity contribution in [2.45, 2.75) is 20.8 Å². The van der Waals surface area contributed by atoms with Crippen molar-refractivity contribution in [1.29, 1.82) is 0 Å². The van der Waals surface area contributed by atoms with Crippen molar-refractivity contribution in [1.82, 2.24) is 9.97 Å². The molecule has 1 aromatic heterocycles. The fourth-order valence-electron chi connectivity index (χ4n) is 1.84. The normalized spacial score (nSPS) is 10.4. The van der Waals surface area contributed by atoms with Crippen LogP contribution in [0.1, 0.15) is 16.7 Å². The first kappa shape index (κ1) is 11.0. The van der Waals surface area contributed by atoms with Crippen molar-refractivity contribution in [3.8, 4) is 11.3 Å². The van der Waals surface area contributed by atoms with Crippen LogP contribution >= 0.6 is 12.2 Å². The molecular formula is C13H14N2S. The van der Waals surface area contributed by atoms with Gasteiger partial charge >= 0.3 is 0 Å². The number of nitrogens with zero attached hydrogens (tertiary/aromatic N) is 1. The highest BCUT2D eigenvalue weighted by Crippen LogP contribution is 2.24. The van der Waals surface area contributed by atoms with Crippen LogP contribution in [0.2, 0.25) is 0 Å². The average molecular weight is 230 g/mol. The molecule has 0 aliphatic rings. The van der Waals surface area contributed by atoms with E-state index in [4.69, 9.17) is 12.2 Å². The average Bonchev–Trinajstić information content (AvgIpc) is 2.23. The molecule has 0 saturated carbocycles. The molecule has 0 spiro atoms. The maximum Gasteiger partial charge on any atom is 0.132 e. The first-order valence-corrected chi connectivity index (χ1v) is 5.62. The Morgan fingerprint density at radius 3 is 2.62 bits per heavy atom. The van der Waals surface area contributed by atoms with E-state index >= 15 is 0 Å². The van der Waals surface area contributed by atoms with E-state index in [1.807, 2.05) is 6.92 Å². The summed E-state index contributed by atoms with van der Waals surface area (Å²) in [6.45, 7) is 6.21. The molecule has 1 aromatic carbocycles. The van der Waals surface area contributed by atoms with Gasteiger partial charge in [0.15, 0.2) is 0 Å². The molecule has 2 aromatic rings. The minimum Gasteiger partial charge on any atom is -0.346 e. The summed E-state index contributed by atoms with van der Waals surface area (Å²) in [5.41, 5.74) is 5.81. The van der Waals surface area contributed by atoms with Gasteiger partial charge in [0.05, 0.1) is 12.0 Å². The summed E-state index contributed by atoms with van der Waals surface area (Å²) >= 11 is 5.18. The maximum atomic E-state index is 5.18. The van der Waals surface area contributed by atoms with Crippen molar-refractivity contribution >= 4 is 12.2 Å². The number of nitrogens with one attached hydrogen (secondary N) is 1. The molecule has 2 nitrogen and oxygen atoms in total. The smallest absolute Gasteiger partial charge is 0.132 e. The van der Waals surface area contributed by atoms with Gasteiger partial charge in [0.2, 0.25) is 0 Å². The standard InChI is InChI=1S/C13H14N2S/c1-8-4-5-11(9(2)6-8)12-10(3)13(16)15-7-14-12/h4-7H,1-3H3,(H,14,15,16). The first-order valence-electron chi connectivity index (χ1n) is 5.21. The summed E-state index contributed by atoms with van der Waals surface area (Å²) in [6, 6.07) is 6.41. The molecule has 2 rings (SSSR count). The van der Waals surface area contributed by atoms with Crippen LogP contribution in [0.25, 0.3) is 11.3 Å². The molecule has 0 unspecified atom stereocenters. The molecule has 0 aliphatic carbocycles. The van der Waals surface area contributed by atoms with Gasteiger partial charge in [-0.15, -0.1) is 0 Å². The van der Waals surface area contributed by atoms with Crippen molar-refractivity contribution in [3.63, 3.8) is 0 Å². The number of rotatable bonds is 1. The maximum absolute atomic E-state index is 5.18. The predicted octanol–water partition coefficient (Wildman–Crippen LogP) is 3.73. The lowest BCUT2D eigenvalue weighted by atomic mass is 10.0. The zero-order valence-electron chi connectivity index (χ0n) is 9.66. The fourth-order valence-corrected chi connectivity index (χ4v) is 2.00. The van der Waals surface area contributed by atoms with Crippen molar-refractivity contribution in [3.05, 3.63) is 45.9 Å². The summed E-state index contributed by atoms with van der Waals surface area (Å²) in [4.78, 5) is 7.25. The molecule has 0 atom stereocenters. The first-order chi connectivity index (χ1) is 7.59. The van der Waals surface area contributed by atoms with E-state index in [0.29, 0.717) is 4.64 Å². The molecule has 0 aliphatic heterocycles. The number of hydrogen-bond donors (Lipinski definition) is 1. The minimum absolute atomic E-state index is 0.661. The number of aryl methyl sites for hydroxylation is 2. The topological polar surface area (TPSA) is 28.7 Å². The van der Waals surface area contributed by atoms with E-state index < -0.39 is 0 Å². The molecule has 3 heteroatoms. The summed E-state index contributed by atoms with van der Waals surface area (Å²) in [7, 11) is 0. The van der Waals surface area contributed by atoms with Crippen LogP contribution in [-0.4, -0.2) is 9.97 Å². The highest BCUT2D eigenvalue weighted by molar-refractivity contribution is 7.71. The molecular weight excluding hydrogens is 216 g/mol. The Morgan fingerprint density at radius 1 is 1.19 bits per heavy atom. The number of hydrogen-bond acceptors (Lipinski definition) is 2. The Hall–Kier alpha value is -1.48. The lowest BCUT2D eigenvalue weighted by molar-refractivity contribution is 1.11. The summed E-state index contributed by atoms with van der Waals surface area (Å²) in [5.74, 6) is 0. The van der Waals surface area contributed by atoms with Crippen molar-refractivity contribution in [2.75, 3.05) is 0 Å². The SMILES string of the molecule is Cc1ccc(-c2[nH]cnc(=S)c2C)c(C)c1. The number of H-pyrrole nitrogens is 1. The summed E-state index contributed by atoms with van der Waals surface area (Å²) in [5, 5.41) is 0. The Kier molecular flexibility index (Phi) is 2.88. The van der Waals surface area contributed by atoms with Gasteiger partial charge in [-0.25, -0.2) is 4.98 Å². The Labute approximate surface area is 100 Å². The third kappa shape index (κ3) is 1.91. The number of aromatic amines is 1. The second kappa shape index (κ2) is 4.18. The Balaban J connectivity index is 2.68. The Morgan fingerprint density at radius 2 is 1.94 bits per heavy atom. The van der Waals surface area contributed by atoms with Crippen molar-refractivity contribution in [2.24, 2.45) is 0 Å². The van der Waals surface area contributed by atoms with Crippen LogP contribution < -0.4 is 0 Å². The van der Waals surface area contributed by atoms with Crippen LogP contribution in [0.4, 0.5) is 0 Å². The van der Waals surface area contributed by atoms with Crippen LogP contribution in [0.5, 0.6) is 0 Å². The lowest BCUT2D eigenvalue weighted by Gasteiger charge is -2.09. The number of aromatic nitrogens is 2. The molecule has 1 heterocycles. The highest BCUT2D eigenvalue weighted by Gasteiger charge is 2.06. The predicted molar refractivity (Wildman–Crippen MR) is 69.1 cm³/mol. The van der Waals surface area contributed by atoms with Crippen LogP contribution in [0, 0.1) is 25.4 Å². The van der Waals surface area contributed by atoms with Crippen LogP contribution in [0.3, 0.4) is 0 Å². The fraction of sp³-hybridized carbons (Fsp3) is 0.231. The third-order valence-electron chi connectivity index (χ3n) is 2.74. The molecule has 82 valence electrons. The summed E-state index contributed by atoms with van der Waals surface area (Å²) in [6.07, 6.45) is 1.66. The number of benzene rings is 1. The molecule has 1 N–H and O–H groups in total. The van der Waals surface area contributed by atoms with E-state index in [-0.39, 0.29) is 0 Å². The monoisotopic (exact) mass is 230 g/mol. The largest absolute Gasteiger partial charge is 0.346 e. The Bertz CT molecular complexity index is 585. The van der Waals surface area contributed by atoms with E-state index in [0.717, 1.165) is 11.3 Å². The van der Waals surface area contributed by atoms with Crippen molar-refractivity contribution < 1.29 is 0 Å². The van der Waals surface area contributed by atoms with Gasteiger partial charge < -0.3 is 4.98 Å². The molecule has 0 saturated heterocycles. The third-order valence-corrected chi connectivity index (χ3v) is 3.15. The zero-order chi connectivity index (χ0) is 11.7. The molecule has 0 radical (unpaired) electrons. The minimum atomic E-state index is 0.661. The van der Waals surface area contributed by atoms with Crippen LogP contribution in [0.15, 0.2) is 24.5 Å². The molecule has 0 bridgehead atoms. The summed E-state index contributed by atoms with van der Waals surface area (Å²) < 4.78 is 0.661. The zero-order valence-corrected chi connectivity index (χ0v) is 10.5. The highest BCUT2D eigenvalue weighted by atomic mass is 32.1.